The number of urea groups is 1. The number of para-hydroxylation sites is 2. The molecular weight excluding hydrogens is 1150 g/mol. The van der Waals surface area contributed by atoms with Crippen molar-refractivity contribution in [1.82, 2.24) is 19.7 Å². The molecule has 8 rings (SSSR count). The highest BCUT2D eigenvalue weighted by Crippen LogP contribution is 2.34. The number of anilines is 1. The summed E-state index contributed by atoms with van der Waals surface area (Å²) in [5, 5.41) is 2.61. The van der Waals surface area contributed by atoms with E-state index in [2.05, 4.69) is 20.3 Å². The number of ether oxygens (including phenoxy) is 8. The lowest BCUT2D eigenvalue weighted by molar-refractivity contribution is -0.150. The largest absolute Gasteiger partial charge is 0.490 e. The first kappa shape index (κ1) is 62.6. The number of nitrogens with one attached hydrogen (secondary N) is 2. The highest BCUT2D eigenvalue weighted by Gasteiger charge is 2.38. The molecule has 2 aromatic heterocycles. The van der Waals surface area contributed by atoms with Crippen LogP contribution in [0.1, 0.15) is 68.8 Å². The van der Waals surface area contributed by atoms with Crippen molar-refractivity contribution in [1.29, 1.82) is 0 Å². The van der Waals surface area contributed by atoms with Crippen LogP contribution in [-0.4, -0.2) is 120 Å². The fourth-order valence-corrected chi connectivity index (χ4v) is 9.81. The Morgan fingerprint density at radius 2 is 1.48 bits per heavy atom. The Morgan fingerprint density at radius 1 is 0.815 bits per heavy atom. The van der Waals surface area contributed by atoms with Crippen molar-refractivity contribution >= 4 is 89.7 Å². The Balaban J connectivity index is 0.000000196. The van der Waals surface area contributed by atoms with Gasteiger partial charge in [-0.3, -0.25) is 19.7 Å². The van der Waals surface area contributed by atoms with Crippen LogP contribution in [0.3, 0.4) is 0 Å². The number of carbonyl (C=O) groups excluding carboxylic acids is 5. The van der Waals surface area contributed by atoms with Crippen LogP contribution >= 0.6 is 23.2 Å². The van der Waals surface area contributed by atoms with E-state index in [0.717, 1.165) is 19.1 Å². The molecule has 0 spiro atoms. The first-order chi connectivity index (χ1) is 38.6. The molecule has 0 radical (unpaired) electrons. The van der Waals surface area contributed by atoms with E-state index in [1.807, 2.05) is 0 Å². The van der Waals surface area contributed by atoms with E-state index < -0.39 is 61.5 Å². The Morgan fingerprint density at radius 3 is 2.10 bits per heavy atom. The zero-order chi connectivity index (χ0) is 58.9. The number of halogens is 2. The number of hydrogen-bond donors (Lipinski definition) is 2. The SMILES string of the molecule is CCOC(=O)[C@@H](C)Oc1ccc(Oc2nc3ccc(Cl)cc3o2)cc1.CCOc1ccccc1OS(=O)(=O)NC(=O)Nc1nc(OC)cc(OC)n1.CS(=O)(=O)c1ccc(C(=O)C2C(=O)CCCC2=O)c(Cl)c1COCC1CCCO1. The van der Waals surface area contributed by atoms with E-state index in [1.165, 1.54) is 44.6 Å². The monoisotopic (exact) mass is 1200 g/mol. The van der Waals surface area contributed by atoms with Crippen molar-refractivity contribution in [3.63, 3.8) is 0 Å². The van der Waals surface area contributed by atoms with Crippen molar-refractivity contribution in [3.05, 3.63) is 106 Å². The molecule has 1 aliphatic carbocycles. The van der Waals surface area contributed by atoms with Gasteiger partial charge in [0, 0.05) is 47.9 Å². The van der Waals surface area contributed by atoms with Crippen LogP contribution in [0, 0.1) is 5.92 Å². The molecule has 0 bridgehead atoms. The van der Waals surface area contributed by atoms with Crippen molar-refractivity contribution < 1.29 is 87.3 Å². The van der Waals surface area contributed by atoms with Crippen LogP contribution in [0.25, 0.3) is 11.1 Å². The van der Waals surface area contributed by atoms with Gasteiger partial charge >= 0.3 is 28.4 Å². The summed E-state index contributed by atoms with van der Waals surface area (Å²) in [4.78, 5) is 72.6. The molecule has 1 aliphatic heterocycles. The lowest BCUT2D eigenvalue weighted by Crippen LogP contribution is -2.37. The average molecular weight is 1200 g/mol. The standard InChI is InChI=1S/C20H23ClO7S.C18H16ClNO5.C15H18N4O7S/c1-29(25,26)17-8-7-13(20(24)18-15(22)5-2-6-16(18)23)19(21)14(17)11-27-10-12-4-3-9-28-12;1-3-22-17(21)11(2)23-13-5-7-14(8-6-13)24-18-20-15-9-4-12(19)10-16(15)25-18;1-4-25-10-7-5-6-8-11(10)26-27(21,22)19-15(20)18-14-16-12(23-2)9-13(17-14)24-3/h7-8,12,18H,2-6,9-11H2,1H3;4-11H,3H2,1-2H3;5-9H,4H2,1-3H3,(H2,16,17,18,19,20)/t;11-;/m.1./s1. The molecule has 1 saturated heterocycles. The van der Waals surface area contributed by atoms with Gasteiger partial charge in [0.15, 0.2) is 50.4 Å². The number of amides is 2. The average Bonchev–Trinajstić information content (AvgIpc) is 4.17. The molecule has 28 heteroatoms. The number of hydrogen-bond acceptors (Lipinski definition) is 22. The summed E-state index contributed by atoms with van der Waals surface area (Å²) in [7, 11) is -5.40. The fourth-order valence-electron chi connectivity index (χ4n) is 7.66. The second-order valence-corrected chi connectivity index (χ2v) is 21.4. The smallest absolute Gasteiger partial charge is 0.411 e. The van der Waals surface area contributed by atoms with Gasteiger partial charge in [0.25, 0.3) is 0 Å². The molecule has 81 heavy (non-hydrogen) atoms. The highest BCUT2D eigenvalue weighted by atomic mass is 35.5. The Hall–Kier alpha value is -7.62. The Labute approximate surface area is 476 Å². The number of rotatable bonds is 21. The number of Topliss-reactive ketones (excluding diaryl/α,β-unsaturated/α-hetero) is 3. The van der Waals surface area contributed by atoms with Crippen molar-refractivity contribution in [2.24, 2.45) is 5.92 Å². The van der Waals surface area contributed by atoms with E-state index in [9.17, 15) is 40.8 Å². The van der Waals surface area contributed by atoms with Crippen LogP contribution in [0.15, 0.2) is 94.2 Å². The van der Waals surface area contributed by atoms with E-state index in [4.69, 9.17) is 69.7 Å². The molecule has 3 heterocycles. The van der Waals surface area contributed by atoms with Crippen LogP contribution in [0.2, 0.25) is 10.0 Å². The topological polar surface area (TPSA) is 313 Å². The van der Waals surface area contributed by atoms with Crippen molar-refractivity contribution in [2.75, 3.05) is 52.2 Å². The predicted octanol–water partition coefficient (Wildman–Crippen LogP) is 8.50. The first-order valence-corrected chi connectivity index (χ1v) is 28.9. The van der Waals surface area contributed by atoms with E-state index in [0.29, 0.717) is 53.9 Å². The number of benzene rings is 4. The summed E-state index contributed by atoms with van der Waals surface area (Å²) in [6.45, 7) is 6.54. The van der Waals surface area contributed by atoms with Crippen LogP contribution in [-0.2, 0) is 55.3 Å². The normalized spacial score (nSPS) is 14.7. The van der Waals surface area contributed by atoms with Gasteiger partial charge in [0.1, 0.15) is 22.9 Å². The minimum atomic E-state index is -4.49. The third kappa shape index (κ3) is 18.2. The summed E-state index contributed by atoms with van der Waals surface area (Å²) in [5.41, 5.74) is 1.31. The molecule has 2 fully saturated rings. The number of aromatic nitrogens is 3. The van der Waals surface area contributed by atoms with E-state index >= 15 is 0 Å². The summed E-state index contributed by atoms with van der Waals surface area (Å²) in [6.07, 6.45) is 2.98. The zero-order valence-electron chi connectivity index (χ0n) is 44.6. The van der Waals surface area contributed by atoms with Crippen molar-refractivity contribution in [3.8, 4) is 40.8 Å². The summed E-state index contributed by atoms with van der Waals surface area (Å²) in [6, 6.07) is 20.8. The maximum Gasteiger partial charge on any atom is 0.411 e. The first-order valence-electron chi connectivity index (χ1n) is 24.8. The second kappa shape index (κ2) is 29.2. The lowest BCUT2D eigenvalue weighted by atomic mass is 9.81. The minimum Gasteiger partial charge on any atom is -0.490 e. The van der Waals surface area contributed by atoms with Crippen molar-refractivity contribution in [2.45, 2.75) is 76.6 Å². The Kier molecular flexibility index (Phi) is 22.6. The number of nitrogens with zero attached hydrogens (tertiary/aromatic N) is 3. The molecule has 2 atom stereocenters. The summed E-state index contributed by atoms with van der Waals surface area (Å²) >= 11 is 12.3. The molecular formula is C53H57Cl2N5O19S2. The molecule has 1 unspecified atom stereocenters. The minimum absolute atomic E-state index is 0.0385. The summed E-state index contributed by atoms with van der Waals surface area (Å²) < 4.78 is 103. The maximum absolute atomic E-state index is 12.9. The zero-order valence-corrected chi connectivity index (χ0v) is 47.7. The number of fused-ring (bicyclic) bond motifs is 1. The number of sulfone groups is 1. The number of esters is 1. The van der Waals surface area contributed by atoms with Gasteiger partial charge in [-0.2, -0.15) is 23.4 Å². The molecule has 24 nitrogen and oxygen atoms in total. The summed E-state index contributed by atoms with van der Waals surface area (Å²) in [5.74, 6) is -2.13. The van der Waals surface area contributed by atoms with Gasteiger partial charge in [-0.05, 0) is 101 Å². The second-order valence-electron chi connectivity index (χ2n) is 17.3. The quantitative estimate of drug-likeness (QED) is 0.0387. The highest BCUT2D eigenvalue weighted by molar-refractivity contribution is 7.90. The maximum atomic E-state index is 12.9. The molecule has 2 aliphatic rings. The van der Waals surface area contributed by atoms with Gasteiger partial charge < -0.3 is 46.5 Å². The van der Waals surface area contributed by atoms with Gasteiger partial charge in [-0.25, -0.2) is 22.7 Å². The number of ketones is 3. The number of carbonyl (C=O) groups is 5. The third-order valence-corrected chi connectivity index (χ3v) is 14.1. The molecule has 2 amide bonds. The molecule has 2 N–H and O–H groups in total. The van der Waals surface area contributed by atoms with Crippen LogP contribution < -0.4 is 37.9 Å². The van der Waals surface area contributed by atoms with Crippen LogP contribution in [0.5, 0.6) is 40.8 Å². The van der Waals surface area contributed by atoms with E-state index in [1.54, 1.807) is 80.1 Å². The van der Waals surface area contributed by atoms with Crippen LogP contribution in [0.4, 0.5) is 10.7 Å². The molecule has 1 saturated carbocycles. The lowest BCUT2D eigenvalue weighted by Gasteiger charge is -2.20. The van der Waals surface area contributed by atoms with Gasteiger partial charge in [-0.15, -0.1) is 0 Å². The van der Waals surface area contributed by atoms with E-state index in [-0.39, 0.29) is 88.5 Å². The van der Waals surface area contributed by atoms with Gasteiger partial charge in [0.05, 0.1) is 62.7 Å². The third-order valence-electron chi connectivity index (χ3n) is 11.4. The molecule has 6 aromatic rings. The Bertz CT molecular complexity index is 3390. The number of methoxy groups -OCH3 is 2. The number of oxazole rings is 1. The molecule has 4 aromatic carbocycles. The fraction of sp³-hybridized carbons (Fsp3) is 0.358. The molecule has 434 valence electrons. The van der Waals surface area contributed by atoms with Gasteiger partial charge in [-0.1, -0.05) is 35.3 Å². The van der Waals surface area contributed by atoms with Gasteiger partial charge in [0.2, 0.25) is 17.7 Å². The predicted molar refractivity (Wildman–Crippen MR) is 292 cm³/mol.